The van der Waals surface area contributed by atoms with E-state index in [1.807, 2.05) is 59.8 Å². The molecular formula is C22H27NO3. The van der Waals surface area contributed by atoms with Gasteiger partial charge in [-0.2, -0.15) is 0 Å². The Balaban J connectivity index is 2.61. The summed E-state index contributed by atoms with van der Waals surface area (Å²) in [6.07, 6.45) is 3.67. The van der Waals surface area contributed by atoms with Gasteiger partial charge in [0.1, 0.15) is 5.69 Å². The molecular weight excluding hydrogens is 326 g/mol. The van der Waals surface area contributed by atoms with E-state index >= 15 is 0 Å². The monoisotopic (exact) mass is 353 g/mol. The van der Waals surface area contributed by atoms with Crippen molar-refractivity contribution in [2.45, 2.75) is 48.5 Å². The number of para-hydroxylation sites is 2. The average Bonchev–Trinajstić information content (AvgIpc) is 2.48. The molecule has 4 heteroatoms. The molecule has 1 aliphatic rings. The number of Topliss-reactive ketones (excluding diaryl/α,β-unsaturated/α-hetero) is 1. The lowest BCUT2D eigenvalue weighted by Crippen LogP contribution is -2.29. The number of carbonyl (C=O) groups is 2. The molecule has 0 aromatic heterocycles. The van der Waals surface area contributed by atoms with E-state index in [1.54, 1.807) is 18.2 Å². The van der Waals surface area contributed by atoms with Crippen molar-refractivity contribution in [1.29, 1.82) is 0 Å². The molecule has 0 heterocycles. The topological polar surface area (TPSA) is 55.7 Å². The van der Waals surface area contributed by atoms with E-state index < -0.39 is 5.97 Å². The van der Waals surface area contributed by atoms with Crippen molar-refractivity contribution < 1.29 is 14.3 Å². The third kappa shape index (κ3) is 4.57. The van der Waals surface area contributed by atoms with E-state index in [0.29, 0.717) is 17.1 Å². The van der Waals surface area contributed by atoms with Crippen LogP contribution in [0.2, 0.25) is 0 Å². The normalized spacial score (nSPS) is 15.3. The van der Waals surface area contributed by atoms with Crippen LogP contribution in [0.3, 0.4) is 0 Å². The van der Waals surface area contributed by atoms with Gasteiger partial charge in [-0.05, 0) is 35.1 Å². The molecule has 0 atom stereocenters. The molecule has 26 heavy (non-hydrogen) atoms. The van der Waals surface area contributed by atoms with Crippen LogP contribution in [0.1, 0.15) is 48.5 Å². The summed E-state index contributed by atoms with van der Waals surface area (Å²) in [4.78, 5) is 29.0. The summed E-state index contributed by atoms with van der Waals surface area (Å²) in [6.45, 7) is 13.5. The van der Waals surface area contributed by atoms with Crippen LogP contribution < -0.4 is 4.74 Å². The SMILES string of the molecule is CC(=O)Oc1ccccc1N=C1C=C(C(C)(C)C)C(=O)C(C(C)(C)C)=C1. The fraction of sp³-hybridized carbons (Fsp3) is 0.409. The summed E-state index contributed by atoms with van der Waals surface area (Å²) in [7, 11) is 0. The Morgan fingerprint density at radius 2 is 1.42 bits per heavy atom. The minimum atomic E-state index is -0.395. The first-order valence-electron chi connectivity index (χ1n) is 8.75. The Labute approximate surface area is 155 Å². The van der Waals surface area contributed by atoms with Crippen molar-refractivity contribution in [1.82, 2.24) is 0 Å². The molecule has 0 N–H and O–H groups in total. The average molecular weight is 353 g/mol. The van der Waals surface area contributed by atoms with Gasteiger partial charge in [-0.25, -0.2) is 4.99 Å². The van der Waals surface area contributed by atoms with E-state index in [9.17, 15) is 9.59 Å². The van der Waals surface area contributed by atoms with Crippen molar-refractivity contribution in [2.75, 3.05) is 0 Å². The lowest BCUT2D eigenvalue weighted by atomic mass is 9.72. The second kappa shape index (κ2) is 7.02. The van der Waals surface area contributed by atoms with Crippen molar-refractivity contribution in [3.63, 3.8) is 0 Å². The molecule has 1 aliphatic carbocycles. The number of ketones is 1. The van der Waals surface area contributed by atoms with Crippen molar-refractivity contribution in [2.24, 2.45) is 15.8 Å². The molecule has 4 nitrogen and oxygen atoms in total. The first kappa shape index (κ1) is 19.8. The predicted octanol–water partition coefficient (Wildman–Crippen LogP) is 5.21. The molecule has 138 valence electrons. The molecule has 0 unspecified atom stereocenters. The smallest absolute Gasteiger partial charge is 0.308 e. The Kier molecular flexibility index (Phi) is 5.36. The fourth-order valence-corrected chi connectivity index (χ4v) is 2.72. The van der Waals surface area contributed by atoms with Gasteiger partial charge in [0, 0.05) is 18.1 Å². The molecule has 1 aromatic rings. The van der Waals surface area contributed by atoms with Gasteiger partial charge in [0.15, 0.2) is 11.5 Å². The minimum Gasteiger partial charge on any atom is -0.424 e. The third-order valence-corrected chi connectivity index (χ3v) is 4.06. The van der Waals surface area contributed by atoms with Crippen molar-refractivity contribution >= 4 is 23.2 Å². The molecule has 0 spiro atoms. The first-order valence-corrected chi connectivity index (χ1v) is 8.75. The first-order chi connectivity index (χ1) is 11.9. The number of esters is 1. The number of hydrogen-bond acceptors (Lipinski definition) is 4. The second-order valence-electron chi connectivity index (χ2n) is 8.54. The molecule has 0 saturated heterocycles. The number of hydrogen-bond donors (Lipinski definition) is 0. The van der Waals surface area contributed by atoms with Crippen LogP contribution in [0.15, 0.2) is 52.6 Å². The Bertz CT molecular complexity index is 792. The molecule has 0 amide bonds. The Morgan fingerprint density at radius 1 is 0.923 bits per heavy atom. The standard InChI is InChI=1S/C22H27NO3/c1-14(24)26-19-11-9-8-10-18(19)23-15-12-16(21(2,3)4)20(25)17(13-15)22(5,6)7/h8-13H,1-7H3. The molecule has 0 bridgehead atoms. The van der Waals surface area contributed by atoms with Crippen molar-refractivity contribution in [3.05, 3.63) is 47.6 Å². The molecule has 0 aliphatic heterocycles. The molecule has 0 saturated carbocycles. The molecule has 2 rings (SSSR count). The van der Waals surface area contributed by atoms with Crippen LogP contribution in [0.5, 0.6) is 5.75 Å². The predicted molar refractivity (Wildman–Crippen MR) is 105 cm³/mol. The maximum absolute atomic E-state index is 13.0. The van der Waals surface area contributed by atoms with E-state index in [4.69, 9.17) is 4.74 Å². The van der Waals surface area contributed by atoms with Crippen LogP contribution in [0.25, 0.3) is 0 Å². The van der Waals surface area contributed by atoms with Crippen LogP contribution in [0.4, 0.5) is 5.69 Å². The molecule has 0 radical (unpaired) electrons. The third-order valence-electron chi connectivity index (χ3n) is 4.06. The maximum atomic E-state index is 13.0. The number of benzene rings is 1. The van der Waals surface area contributed by atoms with E-state index in [2.05, 4.69) is 4.99 Å². The van der Waals surface area contributed by atoms with Gasteiger partial charge in [-0.3, -0.25) is 9.59 Å². The summed E-state index contributed by atoms with van der Waals surface area (Å²) in [6, 6.07) is 7.12. The number of aliphatic imine (C=N–C) groups is 1. The van der Waals surface area contributed by atoms with E-state index in [-0.39, 0.29) is 16.6 Å². The molecule has 0 fully saturated rings. The Morgan fingerprint density at radius 3 is 1.88 bits per heavy atom. The van der Waals surface area contributed by atoms with Crippen LogP contribution >= 0.6 is 0 Å². The van der Waals surface area contributed by atoms with Gasteiger partial charge in [0.2, 0.25) is 0 Å². The highest BCUT2D eigenvalue weighted by Gasteiger charge is 2.34. The highest BCUT2D eigenvalue weighted by Crippen LogP contribution is 2.38. The van der Waals surface area contributed by atoms with Crippen LogP contribution in [-0.2, 0) is 9.59 Å². The number of ether oxygens (including phenoxy) is 1. The lowest BCUT2D eigenvalue weighted by Gasteiger charge is -2.31. The van der Waals surface area contributed by atoms with Gasteiger partial charge in [-0.1, -0.05) is 53.7 Å². The van der Waals surface area contributed by atoms with Gasteiger partial charge in [-0.15, -0.1) is 0 Å². The van der Waals surface area contributed by atoms with E-state index in [0.717, 1.165) is 11.1 Å². The summed E-state index contributed by atoms with van der Waals surface area (Å²) in [5.74, 6) is 0.0753. The van der Waals surface area contributed by atoms with Crippen LogP contribution in [-0.4, -0.2) is 17.5 Å². The van der Waals surface area contributed by atoms with Gasteiger partial charge >= 0.3 is 5.97 Å². The van der Waals surface area contributed by atoms with Crippen molar-refractivity contribution in [3.8, 4) is 5.75 Å². The minimum absolute atomic E-state index is 0.0669. The largest absolute Gasteiger partial charge is 0.424 e. The highest BCUT2D eigenvalue weighted by atomic mass is 16.5. The summed E-state index contributed by atoms with van der Waals surface area (Å²) >= 11 is 0. The summed E-state index contributed by atoms with van der Waals surface area (Å²) in [5, 5.41) is 0. The zero-order valence-corrected chi connectivity index (χ0v) is 16.6. The zero-order chi connectivity index (χ0) is 19.7. The number of allylic oxidation sites excluding steroid dienone is 4. The zero-order valence-electron chi connectivity index (χ0n) is 16.6. The van der Waals surface area contributed by atoms with Gasteiger partial charge < -0.3 is 4.74 Å². The van der Waals surface area contributed by atoms with Gasteiger partial charge in [0.05, 0.1) is 5.71 Å². The Hall–Kier alpha value is -2.49. The van der Waals surface area contributed by atoms with Crippen LogP contribution in [0, 0.1) is 10.8 Å². The number of carbonyl (C=O) groups excluding carboxylic acids is 2. The fourth-order valence-electron chi connectivity index (χ4n) is 2.72. The number of nitrogens with zero attached hydrogens (tertiary/aromatic N) is 1. The number of rotatable bonds is 2. The highest BCUT2D eigenvalue weighted by molar-refractivity contribution is 6.23. The van der Waals surface area contributed by atoms with Gasteiger partial charge in [0.25, 0.3) is 0 Å². The maximum Gasteiger partial charge on any atom is 0.308 e. The quantitative estimate of drug-likeness (QED) is 0.416. The summed E-state index contributed by atoms with van der Waals surface area (Å²) < 4.78 is 5.24. The molecule has 1 aromatic carbocycles. The lowest BCUT2D eigenvalue weighted by molar-refractivity contribution is -0.131. The van der Waals surface area contributed by atoms with E-state index in [1.165, 1.54) is 6.92 Å². The second-order valence-corrected chi connectivity index (χ2v) is 8.54. The summed E-state index contributed by atoms with van der Waals surface area (Å²) in [5.41, 5.74) is 2.11.